The highest BCUT2D eigenvalue weighted by molar-refractivity contribution is 5.53. The average Bonchev–Trinajstić information content (AvgIpc) is 2.29. The first-order valence-corrected chi connectivity index (χ1v) is 5.70. The van der Waals surface area contributed by atoms with E-state index in [0.717, 1.165) is 6.42 Å². The third-order valence-electron chi connectivity index (χ3n) is 3.36. The minimum atomic E-state index is 0.117. The molecule has 0 bridgehead atoms. The van der Waals surface area contributed by atoms with E-state index < -0.39 is 0 Å². The van der Waals surface area contributed by atoms with Crippen molar-refractivity contribution in [2.24, 2.45) is 5.41 Å². The smallest absolute Gasteiger partial charge is 0.222 e. The van der Waals surface area contributed by atoms with Crippen molar-refractivity contribution in [1.29, 1.82) is 5.26 Å². The zero-order chi connectivity index (χ0) is 13.1. The van der Waals surface area contributed by atoms with Crippen LogP contribution in [0.15, 0.2) is 6.20 Å². The van der Waals surface area contributed by atoms with Crippen LogP contribution in [0.5, 0.6) is 0 Å². The van der Waals surface area contributed by atoms with E-state index >= 15 is 0 Å². The molecule has 0 aliphatic rings. The molecule has 0 fully saturated rings. The Morgan fingerprint density at radius 1 is 1.59 bits per heavy atom. The number of anilines is 2. The molecule has 1 aromatic heterocycles. The normalized spacial score (nSPS) is 12.9. The molecule has 1 rings (SSSR count). The highest BCUT2D eigenvalue weighted by atomic mass is 15.1. The van der Waals surface area contributed by atoms with E-state index in [0.29, 0.717) is 11.4 Å². The lowest BCUT2D eigenvalue weighted by Gasteiger charge is -2.31. The Balaban J connectivity index is 2.96. The van der Waals surface area contributed by atoms with Gasteiger partial charge < -0.3 is 11.1 Å². The monoisotopic (exact) mass is 233 g/mol. The largest absolute Gasteiger partial charge is 0.368 e. The fraction of sp³-hybridized carbons (Fsp3) is 0.583. The summed E-state index contributed by atoms with van der Waals surface area (Å²) >= 11 is 0. The fourth-order valence-corrected chi connectivity index (χ4v) is 1.29. The van der Waals surface area contributed by atoms with E-state index in [2.05, 4.69) is 49.0 Å². The number of nitrogens with one attached hydrogen (secondary N) is 1. The predicted molar refractivity (Wildman–Crippen MR) is 68.3 cm³/mol. The van der Waals surface area contributed by atoms with Crippen LogP contribution in [-0.4, -0.2) is 16.0 Å². The topological polar surface area (TPSA) is 87.6 Å². The first-order chi connectivity index (χ1) is 7.90. The Kier molecular flexibility index (Phi) is 3.89. The highest BCUT2D eigenvalue weighted by Gasteiger charge is 2.24. The van der Waals surface area contributed by atoms with Crippen LogP contribution in [0.3, 0.4) is 0 Å². The number of rotatable bonds is 4. The van der Waals surface area contributed by atoms with Crippen molar-refractivity contribution in [3.63, 3.8) is 0 Å². The van der Waals surface area contributed by atoms with Crippen molar-refractivity contribution in [3.05, 3.63) is 11.8 Å². The summed E-state index contributed by atoms with van der Waals surface area (Å²) in [4.78, 5) is 7.87. The number of hydrogen-bond acceptors (Lipinski definition) is 5. The molecule has 0 aliphatic heterocycles. The molecule has 5 nitrogen and oxygen atoms in total. The fourth-order valence-electron chi connectivity index (χ4n) is 1.29. The van der Waals surface area contributed by atoms with Crippen molar-refractivity contribution in [3.8, 4) is 6.07 Å². The molecular formula is C12H19N5. The van der Waals surface area contributed by atoms with Gasteiger partial charge in [-0.15, -0.1) is 0 Å². The molecule has 0 saturated carbocycles. The van der Waals surface area contributed by atoms with Gasteiger partial charge in [0.1, 0.15) is 17.5 Å². The maximum Gasteiger partial charge on any atom is 0.222 e. The maximum absolute atomic E-state index is 8.97. The summed E-state index contributed by atoms with van der Waals surface area (Å²) in [6.45, 7) is 8.54. The van der Waals surface area contributed by atoms with Gasteiger partial charge in [-0.2, -0.15) is 10.2 Å². The standard InChI is InChI=1S/C12H19N5/c1-5-12(3,4)8(2)16-10-9(6-13)7-15-11(14)17-10/h7-8H,5H2,1-4H3,(H3,14,15,16,17)/t8-/m0/s1. The molecule has 0 amide bonds. The van der Waals surface area contributed by atoms with Gasteiger partial charge >= 0.3 is 0 Å². The minimum absolute atomic E-state index is 0.117. The molecule has 3 N–H and O–H groups in total. The van der Waals surface area contributed by atoms with Gasteiger partial charge in [0.25, 0.3) is 0 Å². The molecule has 0 aliphatic carbocycles. The van der Waals surface area contributed by atoms with E-state index in [4.69, 9.17) is 11.0 Å². The quantitative estimate of drug-likeness (QED) is 0.832. The summed E-state index contributed by atoms with van der Waals surface area (Å²) < 4.78 is 0. The van der Waals surface area contributed by atoms with Crippen molar-refractivity contribution >= 4 is 11.8 Å². The van der Waals surface area contributed by atoms with Crippen LogP contribution in [0.2, 0.25) is 0 Å². The third kappa shape index (κ3) is 3.06. The molecule has 1 aromatic rings. The van der Waals surface area contributed by atoms with Gasteiger partial charge in [-0.3, -0.25) is 0 Å². The highest BCUT2D eigenvalue weighted by Crippen LogP contribution is 2.27. The summed E-state index contributed by atoms with van der Waals surface area (Å²) in [5, 5.41) is 12.2. The number of nitrogens with two attached hydrogens (primary N) is 1. The van der Waals surface area contributed by atoms with Crippen LogP contribution in [0.1, 0.15) is 39.7 Å². The van der Waals surface area contributed by atoms with E-state index in [1.165, 1.54) is 6.20 Å². The lowest BCUT2D eigenvalue weighted by Crippen LogP contribution is -2.33. The van der Waals surface area contributed by atoms with Gasteiger partial charge in [0.05, 0.1) is 6.20 Å². The Hall–Kier alpha value is -1.83. The number of nitrogens with zero attached hydrogens (tertiary/aromatic N) is 3. The lowest BCUT2D eigenvalue weighted by molar-refractivity contribution is 0.306. The molecule has 0 unspecified atom stereocenters. The first kappa shape index (κ1) is 13.2. The van der Waals surface area contributed by atoms with Crippen LogP contribution >= 0.6 is 0 Å². The van der Waals surface area contributed by atoms with Gasteiger partial charge in [-0.1, -0.05) is 20.8 Å². The molecule has 92 valence electrons. The van der Waals surface area contributed by atoms with Crippen molar-refractivity contribution in [1.82, 2.24) is 9.97 Å². The summed E-state index contributed by atoms with van der Waals surface area (Å²) in [7, 11) is 0. The van der Waals surface area contributed by atoms with Gasteiger partial charge in [-0.25, -0.2) is 4.98 Å². The second-order valence-electron chi connectivity index (χ2n) is 4.81. The molecule has 1 heterocycles. The molecule has 0 spiro atoms. The molecule has 0 radical (unpaired) electrons. The van der Waals surface area contributed by atoms with E-state index in [1.807, 2.05) is 0 Å². The van der Waals surface area contributed by atoms with E-state index in [-0.39, 0.29) is 17.4 Å². The van der Waals surface area contributed by atoms with Crippen LogP contribution < -0.4 is 11.1 Å². The van der Waals surface area contributed by atoms with Crippen LogP contribution in [0, 0.1) is 16.7 Å². The van der Waals surface area contributed by atoms with E-state index in [9.17, 15) is 0 Å². The lowest BCUT2D eigenvalue weighted by atomic mass is 9.83. The average molecular weight is 233 g/mol. The first-order valence-electron chi connectivity index (χ1n) is 5.70. The van der Waals surface area contributed by atoms with Crippen LogP contribution in [0.4, 0.5) is 11.8 Å². The summed E-state index contributed by atoms with van der Waals surface area (Å²) in [5.41, 5.74) is 6.06. The molecule has 5 heteroatoms. The number of nitrogen functional groups attached to an aromatic ring is 1. The van der Waals surface area contributed by atoms with Gasteiger partial charge in [0.15, 0.2) is 0 Å². The molecule has 0 aromatic carbocycles. The Labute approximate surface area is 102 Å². The van der Waals surface area contributed by atoms with Gasteiger partial charge in [-0.05, 0) is 18.8 Å². The Morgan fingerprint density at radius 3 is 2.76 bits per heavy atom. The number of hydrogen-bond donors (Lipinski definition) is 2. The van der Waals surface area contributed by atoms with Crippen molar-refractivity contribution in [2.45, 2.75) is 40.2 Å². The maximum atomic E-state index is 8.97. The van der Waals surface area contributed by atoms with Gasteiger partial charge in [0.2, 0.25) is 5.95 Å². The van der Waals surface area contributed by atoms with Crippen LogP contribution in [0.25, 0.3) is 0 Å². The zero-order valence-corrected chi connectivity index (χ0v) is 10.8. The number of aromatic nitrogens is 2. The summed E-state index contributed by atoms with van der Waals surface area (Å²) in [6, 6.07) is 2.24. The summed E-state index contributed by atoms with van der Waals surface area (Å²) in [5.74, 6) is 0.682. The SMILES string of the molecule is CCC(C)(C)[C@H](C)Nc1nc(N)ncc1C#N. The molecular weight excluding hydrogens is 214 g/mol. The second-order valence-corrected chi connectivity index (χ2v) is 4.81. The van der Waals surface area contributed by atoms with E-state index in [1.54, 1.807) is 0 Å². The minimum Gasteiger partial charge on any atom is -0.368 e. The van der Waals surface area contributed by atoms with Crippen molar-refractivity contribution in [2.75, 3.05) is 11.1 Å². The third-order valence-corrected chi connectivity index (χ3v) is 3.36. The van der Waals surface area contributed by atoms with Crippen LogP contribution in [-0.2, 0) is 0 Å². The molecule has 17 heavy (non-hydrogen) atoms. The van der Waals surface area contributed by atoms with Crippen molar-refractivity contribution < 1.29 is 0 Å². The number of nitriles is 1. The predicted octanol–water partition coefficient (Wildman–Crippen LogP) is 2.17. The summed E-state index contributed by atoms with van der Waals surface area (Å²) in [6.07, 6.45) is 2.47. The van der Waals surface area contributed by atoms with Gasteiger partial charge in [0, 0.05) is 6.04 Å². The Bertz CT molecular complexity index is 433. The molecule has 1 atom stereocenters. The molecule has 0 saturated heterocycles. The second kappa shape index (κ2) is 5.00. The zero-order valence-electron chi connectivity index (χ0n) is 10.8. The Morgan fingerprint density at radius 2 is 2.24 bits per heavy atom.